The van der Waals surface area contributed by atoms with Gasteiger partial charge in [-0.1, -0.05) is 24.3 Å². The summed E-state index contributed by atoms with van der Waals surface area (Å²) >= 11 is 0. The molecule has 1 unspecified atom stereocenters. The van der Waals surface area contributed by atoms with Crippen molar-refractivity contribution < 1.29 is 4.92 Å². The molecule has 1 aliphatic heterocycles. The van der Waals surface area contributed by atoms with Crippen molar-refractivity contribution in [2.24, 2.45) is 0 Å². The fraction of sp³-hybridized carbons (Fsp3) is 0.263. The van der Waals surface area contributed by atoms with Crippen molar-refractivity contribution in [1.82, 2.24) is 9.38 Å². The van der Waals surface area contributed by atoms with E-state index in [1.54, 1.807) is 18.2 Å². The van der Waals surface area contributed by atoms with E-state index in [1.165, 1.54) is 10.6 Å². The maximum absolute atomic E-state index is 12.6. The molecule has 138 valence electrons. The SMILES string of the molecule is O=c1c([N+](=O)[O-])c(N2CCCC(Nc3ccccc3)C2)nc2ccccn12. The molecule has 3 heterocycles. The van der Waals surface area contributed by atoms with Gasteiger partial charge in [-0.3, -0.25) is 19.3 Å². The summed E-state index contributed by atoms with van der Waals surface area (Å²) in [4.78, 5) is 29.9. The van der Waals surface area contributed by atoms with Gasteiger partial charge in [0.15, 0.2) is 0 Å². The molecule has 8 heteroatoms. The topological polar surface area (TPSA) is 92.8 Å². The molecular formula is C19H19N5O3. The van der Waals surface area contributed by atoms with Crippen molar-refractivity contribution in [3.63, 3.8) is 0 Å². The number of aromatic nitrogens is 2. The number of benzene rings is 1. The number of para-hydroxylation sites is 1. The average molecular weight is 365 g/mol. The van der Waals surface area contributed by atoms with Crippen LogP contribution in [-0.4, -0.2) is 33.4 Å². The molecular weight excluding hydrogens is 346 g/mol. The van der Waals surface area contributed by atoms with Crippen LogP contribution in [0.1, 0.15) is 12.8 Å². The summed E-state index contributed by atoms with van der Waals surface area (Å²) in [6.07, 6.45) is 3.31. The third-order valence-corrected chi connectivity index (χ3v) is 4.74. The second-order valence-corrected chi connectivity index (χ2v) is 6.57. The molecule has 2 aromatic heterocycles. The van der Waals surface area contributed by atoms with E-state index < -0.39 is 16.2 Å². The van der Waals surface area contributed by atoms with Gasteiger partial charge in [-0.15, -0.1) is 0 Å². The van der Waals surface area contributed by atoms with Gasteiger partial charge in [0.2, 0.25) is 5.82 Å². The smallest absolute Gasteiger partial charge is 0.376 e. The molecule has 4 rings (SSSR count). The Morgan fingerprint density at radius 2 is 1.93 bits per heavy atom. The third-order valence-electron chi connectivity index (χ3n) is 4.74. The Labute approximate surface area is 155 Å². The lowest BCUT2D eigenvalue weighted by atomic mass is 10.1. The normalized spacial score (nSPS) is 17.0. The van der Waals surface area contributed by atoms with Gasteiger partial charge in [-0.05, 0) is 37.1 Å². The Bertz CT molecular complexity index is 1030. The first kappa shape index (κ1) is 17.0. The van der Waals surface area contributed by atoms with Crippen molar-refractivity contribution in [2.45, 2.75) is 18.9 Å². The second kappa shape index (κ2) is 7.06. The zero-order chi connectivity index (χ0) is 18.8. The number of nitrogens with one attached hydrogen (secondary N) is 1. The van der Waals surface area contributed by atoms with E-state index in [-0.39, 0.29) is 11.9 Å². The van der Waals surface area contributed by atoms with Crippen LogP contribution in [0, 0.1) is 10.1 Å². The molecule has 1 N–H and O–H groups in total. The van der Waals surface area contributed by atoms with Crippen molar-refractivity contribution in [3.05, 3.63) is 75.2 Å². The minimum absolute atomic E-state index is 0.122. The van der Waals surface area contributed by atoms with Crippen LogP contribution >= 0.6 is 0 Å². The van der Waals surface area contributed by atoms with E-state index in [9.17, 15) is 14.9 Å². The lowest BCUT2D eigenvalue weighted by molar-refractivity contribution is -0.385. The number of anilines is 2. The van der Waals surface area contributed by atoms with E-state index >= 15 is 0 Å². The van der Waals surface area contributed by atoms with Crippen LogP contribution in [0.3, 0.4) is 0 Å². The first-order chi connectivity index (χ1) is 13.1. The highest BCUT2D eigenvalue weighted by atomic mass is 16.6. The van der Waals surface area contributed by atoms with Gasteiger partial charge < -0.3 is 10.2 Å². The molecule has 8 nitrogen and oxygen atoms in total. The van der Waals surface area contributed by atoms with Crippen LogP contribution in [0.4, 0.5) is 17.2 Å². The van der Waals surface area contributed by atoms with Gasteiger partial charge >= 0.3 is 11.2 Å². The molecule has 1 fully saturated rings. The molecule has 0 spiro atoms. The summed E-state index contributed by atoms with van der Waals surface area (Å²) in [6, 6.07) is 15.1. The standard InChI is InChI=1S/C19H19N5O3/c25-19-17(24(26)27)18(21-16-10-4-5-12-23(16)19)22-11-6-9-15(13-22)20-14-7-2-1-3-8-14/h1-5,7-8,10,12,15,20H,6,9,11,13H2. The van der Waals surface area contributed by atoms with Crippen LogP contribution in [-0.2, 0) is 0 Å². The van der Waals surface area contributed by atoms with E-state index in [2.05, 4.69) is 10.3 Å². The Balaban J connectivity index is 1.69. The average Bonchev–Trinajstić information content (AvgIpc) is 2.68. The number of fused-ring (bicyclic) bond motifs is 1. The molecule has 1 aliphatic rings. The van der Waals surface area contributed by atoms with Crippen LogP contribution < -0.4 is 15.8 Å². The van der Waals surface area contributed by atoms with Gasteiger partial charge in [0.25, 0.3) is 0 Å². The highest BCUT2D eigenvalue weighted by Gasteiger charge is 2.30. The minimum Gasteiger partial charge on any atom is -0.381 e. The van der Waals surface area contributed by atoms with Crippen LogP contribution in [0.2, 0.25) is 0 Å². The molecule has 0 radical (unpaired) electrons. The minimum atomic E-state index is -0.654. The maximum atomic E-state index is 12.6. The summed E-state index contributed by atoms with van der Waals surface area (Å²) in [7, 11) is 0. The van der Waals surface area contributed by atoms with Crippen LogP contribution in [0.15, 0.2) is 59.5 Å². The molecule has 1 aromatic carbocycles. The lowest BCUT2D eigenvalue weighted by Crippen LogP contribution is -2.43. The highest BCUT2D eigenvalue weighted by Crippen LogP contribution is 2.27. The summed E-state index contributed by atoms with van der Waals surface area (Å²) in [5.74, 6) is 0.149. The number of piperidine rings is 1. The fourth-order valence-electron chi connectivity index (χ4n) is 3.51. The Morgan fingerprint density at radius 1 is 1.15 bits per heavy atom. The summed E-state index contributed by atoms with van der Waals surface area (Å²) in [5.41, 5.74) is 0.282. The largest absolute Gasteiger partial charge is 0.381 e. The van der Waals surface area contributed by atoms with Gasteiger partial charge in [0.05, 0.1) is 4.92 Å². The molecule has 0 saturated carbocycles. The van der Waals surface area contributed by atoms with Crippen molar-refractivity contribution in [2.75, 3.05) is 23.3 Å². The van der Waals surface area contributed by atoms with E-state index in [0.29, 0.717) is 18.7 Å². The van der Waals surface area contributed by atoms with E-state index in [0.717, 1.165) is 18.5 Å². The molecule has 1 saturated heterocycles. The van der Waals surface area contributed by atoms with Crippen molar-refractivity contribution in [3.8, 4) is 0 Å². The summed E-state index contributed by atoms with van der Waals surface area (Å²) in [6.45, 7) is 1.18. The third kappa shape index (κ3) is 3.33. The number of hydrogen-bond donors (Lipinski definition) is 1. The number of rotatable bonds is 4. The van der Waals surface area contributed by atoms with Crippen molar-refractivity contribution in [1.29, 1.82) is 0 Å². The first-order valence-corrected chi connectivity index (χ1v) is 8.86. The molecule has 0 bridgehead atoms. The Kier molecular flexibility index (Phi) is 4.45. The highest BCUT2D eigenvalue weighted by molar-refractivity contribution is 5.62. The summed E-state index contributed by atoms with van der Waals surface area (Å²) in [5, 5.41) is 15.1. The second-order valence-electron chi connectivity index (χ2n) is 6.57. The Hall–Kier alpha value is -3.42. The maximum Gasteiger partial charge on any atom is 0.376 e. The van der Waals surface area contributed by atoms with Gasteiger partial charge in [-0.2, -0.15) is 0 Å². The zero-order valence-corrected chi connectivity index (χ0v) is 14.6. The zero-order valence-electron chi connectivity index (χ0n) is 14.6. The van der Waals surface area contributed by atoms with E-state index in [1.807, 2.05) is 35.2 Å². The monoisotopic (exact) mass is 365 g/mol. The summed E-state index contributed by atoms with van der Waals surface area (Å²) < 4.78 is 1.21. The number of nitro groups is 1. The quantitative estimate of drug-likeness (QED) is 0.564. The van der Waals surface area contributed by atoms with Crippen molar-refractivity contribution >= 4 is 22.8 Å². The van der Waals surface area contributed by atoms with Crippen LogP contribution in [0.25, 0.3) is 5.65 Å². The van der Waals surface area contributed by atoms with Gasteiger partial charge in [0, 0.05) is 31.0 Å². The number of nitrogens with zero attached hydrogens (tertiary/aromatic N) is 4. The predicted octanol–water partition coefficient (Wildman–Crippen LogP) is 2.68. The predicted molar refractivity (Wildman–Crippen MR) is 103 cm³/mol. The first-order valence-electron chi connectivity index (χ1n) is 8.86. The molecule has 3 aromatic rings. The van der Waals surface area contributed by atoms with E-state index in [4.69, 9.17) is 0 Å². The number of hydrogen-bond acceptors (Lipinski definition) is 6. The molecule has 0 amide bonds. The van der Waals surface area contributed by atoms with Crippen LogP contribution in [0.5, 0.6) is 0 Å². The molecule has 1 atom stereocenters. The fourth-order valence-corrected chi connectivity index (χ4v) is 3.51. The van der Waals surface area contributed by atoms with Gasteiger partial charge in [-0.25, -0.2) is 4.98 Å². The number of pyridine rings is 1. The molecule has 0 aliphatic carbocycles. The lowest BCUT2D eigenvalue weighted by Gasteiger charge is -2.34. The van der Waals surface area contributed by atoms with Gasteiger partial charge in [0.1, 0.15) is 5.65 Å². The Morgan fingerprint density at radius 3 is 2.70 bits per heavy atom. The molecule has 27 heavy (non-hydrogen) atoms.